The highest BCUT2D eigenvalue weighted by Gasteiger charge is 2.37. The Bertz CT molecular complexity index is 687. The number of nitrogens with zero attached hydrogens (tertiary/aromatic N) is 2. The quantitative estimate of drug-likeness (QED) is 0.748. The molecule has 1 fully saturated rings. The number of ether oxygens (including phenoxy) is 1. The lowest BCUT2D eigenvalue weighted by Crippen LogP contribution is -2.34. The second-order valence-electron chi connectivity index (χ2n) is 6.44. The summed E-state index contributed by atoms with van der Waals surface area (Å²) >= 11 is 0. The van der Waals surface area contributed by atoms with Crippen LogP contribution in [0, 0.1) is 5.92 Å². The van der Waals surface area contributed by atoms with Crippen LogP contribution in [0.5, 0.6) is 5.75 Å². The molecule has 1 saturated heterocycles. The third-order valence-electron chi connectivity index (χ3n) is 4.33. The minimum absolute atomic E-state index is 0.118. The van der Waals surface area contributed by atoms with Gasteiger partial charge in [0.25, 0.3) is 0 Å². The number of aliphatic hydroxyl groups is 1. The molecule has 1 amide bonds. The average molecular weight is 370 g/mol. The standard InChI is InChI=1S/C17H26N2O5S/c1-4-24-15-7-5-13(6-8-15)9-17(21)19-10-14(16(20)11-19)12-25(22,23)18(2)3/h5-8,14,16,20H,4,9-12H2,1-3H3/t14-,16-/m0/s1. The van der Waals surface area contributed by atoms with Crippen LogP contribution in [0.3, 0.4) is 0 Å². The van der Waals surface area contributed by atoms with E-state index < -0.39 is 22.0 Å². The molecule has 0 unspecified atom stereocenters. The van der Waals surface area contributed by atoms with Crippen molar-refractivity contribution in [2.75, 3.05) is 39.5 Å². The van der Waals surface area contributed by atoms with E-state index in [1.807, 2.05) is 31.2 Å². The summed E-state index contributed by atoms with van der Waals surface area (Å²) < 4.78 is 30.5. The second kappa shape index (κ2) is 8.16. The van der Waals surface area contributed by atoms with E-state index in [-0.39, 0.29) is 31.2 Å². The minimum Gasteiger partial charge on any atom is -0.494 e. The molecule has 0 bridgehead atoms. The largest absolute Gasteiger partial charge is 0.494 e. The zero-order valence-corrected chi connectivity index (χ0v) is 15.7. The Morgan fingerprint density at radius 2 is 1.92 bits per heavy atom. The number of carbonyl (C=O) groups excluding carboxylic acids is 1. The SMILES string of the molecule is CCOc1ccc(CC(=O)N2C[C@@H](CS(=O)(=O)N(C)C)[C@@H](O)C2)cc1. The molecule has 1 heterocycles. The summed E-state index contributed by atoms with van der Waals surface area (Å²) in [5.41, 5.74) is 0.854. The van der Waals surface area contributed by atoms with Crippen molar-refractivity contribution in [3.63, 3.8) is 0 Å². The summed E-state index contributed by atoms with van der Waals surface area (Å²) in [6, 6.07) is 7.31. The molecule has 2 atom stereocenters. The monoisotopic (exact) mass is 370 g/mol. The highest BCUT2D eigenvalue weighted by molar-refractivity contribution is 7.89. The molecule has 0 radical (unpaired) electrons. The first-order chi connectivity index (χ1) is 11.7. The van der Waals surface area contributed by atoms with Gasteiger partial charge in [-0.15, -0.1) is 0 Å². The molecule has 0 aliphatic carbocycles. The number of hydrogen-bond donors (Lipinski definition) is 1. The molecule has 1 aromatic carbocycles. The van der Waals surface area contributed by atoms with Gasteiger partial charge >= 0.3 is 0 Å². The van der Waals surface area contributed by atoms with E-state index in [1.54, 1.807) is 0 Å². The van der Waals surface area contributed by atoms with Crippen molar-refractivity contribution < 1.29 is 23.1 Å². The summed E-state index contributed by atoms with van der Waals surface area (Å²) in [4.78, 5) is 14.0. The van der Waals surface area contributed by atoms with Crippen LogP contribution in [-0.2, 0) is 21.2 Å². The number of rotatable bonds is 7. The van der Waals surface area contributed by atoms with Gasteiger partial charge in [0, 0.05) is 33.1 Å². The van der Waals surface area contributed by atoms with Gasteiger partial charge in [-0.3, -0.25) is 4.79 Å². The molecule has 25 heavy (non-hydrogen) atoms. The number of amides is 1. The molecule has 0 aromatic heterocycles. The van der Waals surface area contributed by atoms with E-state index in [2.05, 4.69) is 0 Å². The summed E-state index contributed by atoms with van der Waals surface area (Å²) in [5.74, 6) is 0.0162. The molecule has 1 aromatic rings. The molecule has 2 rings (SSSR count). The second-order valence-corrected chi connectivity index (χ2v) is 8.67. The lowest BCUT2D eigenvalue weighted by Gasteiger charge is -2.18. The number of carbonyl (C=O) groups is 1. The van der Waals surface area contributed by atoms with Gasteiger partial charge in [0.1, 0.15) is 5.75 Å². The van der Waals surface area contributed by atoms with Crippen molar-refractivity contribution in [3.05, 3.63) is 29.8 Å². The third-order valence-corrected chi connectivity index (χ3v) is 6.29. The fraction of sp³-hybridized carbons (Fsp3) is 0.588. The molecule has 7 nitrogen and oxygen atoms in total. The molecule has 1 aliphatic rings. The van der Waals surface area contributed by atoms with Crippen molar-refractivity contribution >= 4 is 15.9 Å². The predicted molar refractivity (Wildman–Crippen MR) is 94.9 cm³/mol. The Hall–Kier alpha value is -1.64. The van der Waals surface area contributed by atoms with Crippen LogP contribution >= 0.6 is 0 Å². The molecule has 8 heteroatoms. The molecule has 1 aliphatic heterocycles. The lowest BCUT2D eigenvalue weighted by molar-refractivity contribution is -0.129. The van der Waals surface area contributed by atoms with Crippen molar-refractivity contribution in [1.82, 2.24) is 9.21 Å². The van der Waals surface area contributed by atoms with Crippen LogP contribution < -0.4 is 4.74 Å². The molecule has 1 N–H and O–H groups in total. The Morgan fingerprint density at radius 1 is 1.28 bits per heavy atom. The molecule has 140 valence electrons. The van der Waals surface area contributed by atoms with Crippen LogP contribution in [0.1, 0.15) is 12.5 Å². The first-order valence-electron chi connectivity index (χ1n) is 8.30. The average Bonchev–Trinajstić information content (AvgIpc) is 2.90. The number of benzene rings is 1. The predicted octanol–water partition coefficient (Wildman–Crippen LogP) is 0.339. The van der Waals surface area contributed by atoms with E-state index in [0.717, 1.165) is 15.6 Å². The van der Waals surface area contributed by atoms with Crippen molar-refractivity contribution in [2.45, 2.75) is 19.4 Å². The van der Waals surface area contributed by atoms with E-state index in [4.69, 9.17) is 4.74 Å². The number of hydrogen-bond acceptors (Lipinski definition) is 5. The zero-order valence-electron chi connectivity index (χ0n) is 14.9. The maximum atomic E-state index is 12.4. The Balaban J connectivity index is 1.94. The highest BCUT2D eigenvalue weighted by atomic mass is 32.2. The molecular weight excluding hydrogens is 344 g/mol. The summed E-state index contributed by atoms with van der Waals surface area (Å²) in [6.45, 7) is 2.91. The summed E-state index contributed by atoms with van der Waals surface area (Å²) in [5, 5.41) is 10.1. The van der Waals surface area contributed by atoms with E-state index >= 15 is 0 Å². The van der Waals surface area contributed by atoms with Gasteiger partial charge < -0.3 is 14.7 Å². The van der Waals surface area contributed by atoms with Gasteiger partial charge in [-0.05, 0) is 24.6 Å². The first kappa shape index (κ1) is 19.7. The van der Waals surface area contributed by atoms with E-state index in [0.29, 0.717) is 6.61 Å². The van der Waals surface area contributed by atoms with Crippen LogP contribution in [0.4, 0.5) is 0 Å². The number of β-amino-alcohol motifs (C(OH)–C–C–N with tert-alkyl or cyclic N) is 1. The van der Waals surface area contributed by atoms with Gasteiger partial charge in [-0.25, -0.2) is 12.7 Å². The van der Waals surface area contributed by atoms with Crippen molar-refractivity contribution in [1.29, 1.82) is 0 Å². The fourth-order valence-electron chi connectivity index (χ4n) is 2.80. The Labute approximate surface area is 149 Å². The van der Waals surface area contributed by atoms with Gasteiger partial charge in [-0.2, -0.15) is 0 Å². The molecule has 0 saturated carbocycles. The van der Waals surface area contributed by atoms with E-state index in [9.17, 15) is 18.3 Å². The van der Waals surface area contributed by atoms with Crippen LogP contribution in [0.25, 0.3) is 0 Å². The number of sulfonamides is 1. The molecular formula is C17H26N2O5S. The van der Waals surface area contributed by atoms with Crippen molar-refractivity contribution in [2.24, 2.45) is 5.92 Å². The smallest absolute Gasteiger partial charge is 0.227 e. The van der Waals surface area contributed by atoms with Crippen LogP contribution in [-0.4, -0.2) is 74.3 Å². The minimum atomic E-state index is -3.41. The van der Waals surface area contributed by atoms with Gasteiger partial charge in [0.05, 0.1) is 24.9 Å². The van der Waals surface area contributed by atoms with Gasteiger partial charge in [0.2, 0.25) is 15.9 Å². The number of aliphatic hydroxyl groups excluding tert-OH is 1. The Kier molecular flexibility index (Phi) is 6.42. The maximum absolute atomic E-state index is 12.4. The van der Waals surface area contributed by atoms with Crippen LogP contribution in [0.15, 0.2) is 24.3 Å². The van der Waals surface area contributed by atoms with Gasteiger partial charge in [0.15, 0.2) is 0 Å². The summed E-state index contributed by atoms with van der Waals surface area (Å²) in [6.07, 6.45) is -0.606. The fourth-order valence-corrected chi connectivity index (χ4v) is 3.96. The van der Waals surface area contributed by atoms with E-state index in [1.165, 1.54) is 19.0 Å². The first-order valence-corrected chi connectivity index (χ1v) is 9.91. The highest BCUT2D eigenvalue weighted by Crippen LogP contribution is 2.21. The number of likely N-dealkylation sites (tertiary alicyclic amines) is 1. The molecule has 0 spiro atoms. The van der Waals surface area contributed by atoms with Gasteiger partial charge in [-0.1, -0.05) is 12.1 Å². The topological polar surface area (TPSA) is 87.2 Å². The lowest BCUT2D eigenvalue weighted by atomic mass is 10.1. The normalized spacial score (nSPS) is 20.9. The van der Waals surface area contributed by atoms with Crippen molar-refractivity contribution in [3.8, 4) is 5.75 Å². The Morgan fingerprint density at radius 3 is 2.48 bits per heavy atom. The maximum Gasteiger partial charge on any atom is 0.227 e. The summed E-state index contributed by atoms with van der Waals surface area (Å²) in [7, 11) is -0.484. The third kappa shape index (κ3) is 5.17. The van der Waals surface area contributed by atoms with Crippen LogP contribution in [0.2, 0.25) is 0 Å². The zero-order chi connectivity index (χ0) is 18.6.